The number of carbonyl (C=O) groups excluding carboxylic acids is 2. The van der Waals surface area contributed by atoms with Gasteiger partial charge in [0.1, 0.15) is 42.2 Å². The van der Waals surface area contributed by atoms with Crippen molar-refractivity contribution in [2.75, 3.05) is 44.3 Å². The maximum absolute atomic E-state index is 13.3. The van der Waals surface area contributed by atoms with Crippen molar-refractivity contribution in [3.63, 3.8) is 0 Å². The monoisotopic (exact) mass is 841 g/mol. The van der Waals surface area contributed by atoms with Gasteiger partial charge in [0.25, 0.3) is 7.82 Å². The molecule has 25 nitrogen and oxygen atoms in total. The number of phosphoric acid groups is 2. The van der Waals surface area contributed by atoms with Crippen LogP contribution in [0.25, 0.3) is 11.2 Å². The van der Waals surface area contributed by atoms with Crippen LogP contribution in [0, 0.1) is 0 Å². The van der Waals surface area contributed by atoms with E-state index in [9.17, 15) is 43.3 Å². The lowest BCUT2D eigenvalue weighted by molar-refractivity contribution is -0.343. The zero-order valence-electron chi connectivity index (χ0n) is 29.9. The number of nitrogen functional groups attached to an aromatic ring is 2. The number of anilines is 2. The van der Waals surface area contributed by atoms with E-state index in [1.54, 1.807) is 11.0 Å². The first-order valence-corrected chi connectivity index (χ1v) is 20.3. The molecule has 9 atom stereocenters. The summed E-state index contributed by atoms with van der Waals surface area (Å²) in [7, 11) is -11.0. The fourth-order valence-corrected chi connectivity index (χ4v) is 7.86. The number of esters is 1. The number of nitrogens with zero attached hydrogens (tertiary/aromatic N) is 7. The molecule has 1 amide bonds. The molecular formula is C30H39N10O15P2-3. The summed E-state index contributed by atoms with van der Waals surface area (Å²) < 4.78 is 58.6. The van der Waals surface area contributed by atoms with Crippen LogP contribution in [0.1, 0.15) is 38.1 Å². The molecule has 6 heterocycles. The molecule has 3 aromatic rings. The Balaban J connectivity index is 1.15. The van der Waals surface area contributed by atoms with Gasteiger partial charge >= 0.3 is 11.7 Å². The first-order chi connectivity index (χ1) is 27.0. The minimum absolute atomic E-state index is 0.0204. The Kier molecular flexibility index (Phi) is 13.2. The Morgan fingerprint density at radius 2 is 1.88 bits per heavy atom. The van der Waals surface area contributed by atoms with Gasteiger partial charge in [0.2, 0.25) is 5.91 Å². The first kappa shape index (κ1) is 42.4. The molecule has 3 saturated heterocycles. The fraction of sp³-hybridized carbons (Fsp3) is 0.567. The van der Waals surface area contributed by atoms with Crippen molar-refractivity contribution >= 4 is 50.3 Å². The smallest absolute Gasteiger partial charge is 0.351 e. The number of ether oxygens (including phenoxy) is 3. The van der Waals surface area contributed by atoms with Crippen molar-refractivity contribution < 1.29 is 66.3 Å². The Hall–Kier alpha value is -4.23. The van der Waals surface area contributed by atoms with E-state index in [1.165, 1.54) is 23.2 Å². The molecule has 0 saturated carbocycles. The number of amides is 1. The van der Waals surface area contributed by atoms with Crippen molar-refractivity contribution in [1.29, 1.82) is 0 Å². The summed E-state index contributed by atoms with van der Waals surface area (Å²) >= 11 is 0. The normalized spacial score (nSPS) is 27.7. The van der Waals surface area contributed by atoms with Crippen LogP contribution in [0.2, 0.25) is 0 Å². The molecule has 0 spiro atoms. The van der Waals surface area contributed by atoms with Crippen LogP contribution in [0.15, 0.2) is 42.4 Å². The van der Waals surface area contributed by atoms with E-state index in [1.807, 2.05) is 0 Å². The molecule has 312 valence electrons. The number of nitrogens with one attached hydrogen (secondary N) is 1. The van der Waals surface area contributed by atoms with Gasteiger partial charge in [-0.05, 0) is 18.9 Å². The minimum Gasteiger partial charge on any atom is -0.790 e. The highest BCUT2D eigenvalue weighted by Gasteiger charge is 2.49. The van der Waals surface area contributed by atoms with Crippen LogP contribution < -0.4 is 37.2 Å². The number of carbonyl (C=O) groups is 2. The molecule has 3 unspecified atom stereocenters. The topological polar surface area (TPSA) is 359 Å². The molecule has 3 fully saturated rings. The maximum atomic E-state index is 13.3. The highest BCUT2D eigenvalue weighted by Crippen LogP contribution is 2.46. The van der Waals surface area contributed by atoms with E-state index in [2.05, 4.69) is 36.4 Å². The lowest BCUT2D eigenvalue weighted by atomic mass is 10.1. The number of phosphoric ester groups is 2. The van der Waals surface area contributed by atoms with E-state index in [-0.39, 0.29) is 47.7 Å². The van der Waals surface area contributed by atoms with Gasteiger partial charge in [-0.3, -0.25) is 28.2 Å². The maximum Gasteiger partial charge on any atom is 0.351 e. The largest absolute Gasteiger partial charge is 0.790 e. The quantitative estimate of drug-likeness (QED) is 0.0584. The van der Waals surface area contributed by atoms with Crippen LogP contribution in [0.3, 0.4) is 0 Å². The van der Waals surface area contributed by atoms with Crippen molar-refractivity contribution in [2.24, 2.45) is 0 Å². The predicted molar refractivity (Wildman–Crippen MR) is 185 cm³/mol. The summed E-state index contributed by atoms with van der Waals surface area (Å²) in [6.07, 6.45) is -4.19. The van der Waals surface area contributed by atoms with E-state index in [0.717, 1.165) is 10.9 Å². The molecule has 6 rings (SSSR count). The summed E-state index contributed by atoms with van der Waals surface area (Å²) in [6.45, 7) is 2.27. The predicted octanol–water partition coefficient (Wildman–Crippen LogP) is -3.42. The van der Waals surface area contributed by atoms with E-state index >= 15 is 0 Å². The number of aromatic nitrogens is 6. The number of imidazole rings is 1. The number of allylic oxidation sites excluding steroid dienone is 1. The fourth-order valence-electron chi connectivity index (χ4n) is 6.59. The second-order valence-electron chi connectivity index (χ2n) is 13.2. The number of nitrogens with two attached hydrogens (primary N) is 2. The van der Waals surface area contributed by atoms with Crippen molar-refractivity contribution in [3.8, 4) is 0 Å². The molecule has 0 aromatic carbocycles. The van der Waals surface area contributed by atoms with Crippen molar-refractivity contribution in [1.82, 2.24) is 39.3 Å². The summed E-state index contributed by atoms with van der Waals surface area (Å²) in [5.41, 5.74) is 10.9. The molecule has 0 aliphatic carbocycles. The lowest BCUT2D eigenvalue weighted by Crippen LogP contribution is -2.42. The van der Waals surface area contributed by atoms with Gasteiger partial charge in [-0.2, -0.15) is 4.98 Å². The Bertz CT molecular complexity index is 2100. The summed E-state index contributed by atoms with van der Waals surface area (Å²) in [4.78, 5) is 91.0. The van der Waals surface area contributed by atoms with Crippen LogP contribution in [-0.2, 0) is 46.5 Å². The average Bonchev–Trinajstić information content (AvgIpc) is 3.92. The Morgan fingerprint density at radius 1 is 1.11 bits per heavy atom. The van der Waals surface area contributed by atoms with Crippen LogP contribution in [-0.4, -0.2) is 120 Å². The highest BCUT2D eigenvalue weighted by molar-refractivity contribution is 7.45. The molecular weight excluding hydrogens is 802 g/mol. The summed E-state index contributed by atoms with van der Waals surface area (Å²) in [6, 6.07) is 1.04. The van der Waals surface area contributed by atoms with Crippen LogP contribution in [0.5, 0.6) is 0 Å². The van der Waals surface area contributed by atoms with Crippen molar-refractivity contribution in [2.45, 2.75) is 74.7 Å². The standard InChI is InChI=1S/C30H42N10O15P2/c1-2-3-4-21(41)36-16-5-7-38(10-16)11-23(42)54-26-19(53-29(25(26)43)40-15-35-24-27(32)33-14-34-28(24)40)13-51-57(48,49)55-17-9-22(39-8-6-20(31)37-30(39)44)52-18(17)12-50-56(45,46)47/h2,6,8,14-19,22,25-26,29,43H,1,3-5,7,9-13H2,(H,36,41)(H,48,49)(H2,31,37,44)(H2,32,33,34)(H2,45,46,47)/p-3/t16-,17?,18+,19+,22+,25-,26?,29+/m0/s1. The Labute approximate surface area is 322 Å². The molecule has 3 aliphatic heterocycles. The number of aliphatic hydroxyl groups is 1. The van der Waals surface area contributed by atoms with Gasteiger partial charge in [-0.25, -0.2) is 19.7 Å². The summed E-state index contributed by atoms with van der Waals surface area (Å²) in [5.74, 6) is -1.06. The van der Waals surface area contributed by atoms with Gasteiger partial charge in [0.05, 0.1) is 40.0 Å². The van der Waals surface area contributed by atoms with Gasteiger partial charge in [-0.15, -0.1) is 6.58 Å². The third-order valence-corrected chi connectivity index (χ3v) is 10.7. The van der Waals surface area contributed by atoms with Crippen molar-refractivity contribution in [3.05, 3.63) is 48.1 Å². The molecule has 3 aliphatic rings. The lowest BCUT2D eigenvalue weighted by Gasteiger charge is -2.32. The number of rotatable bonds is 17. The first-order valence-electron chi connectivity index (χ1n) is 17.4. The van der Waals surface area contributed by atoms with Crippen LogP contribution in [0.4, 0.5) is 11.6 Å². The second-order valence-corrected chi connectivity index (χ2v) is 15.8. The van der Waals surface area contributed by atoms with E-state index in [0.29, 0.717) is 25.9 Å². The molecule has 6 N–H and O–H groups in total. The van der Waals surface area contributed by atoms with Gasteiger partial charge < -0.3 is 68.9 Å². The molecule has 0 radical (unpaired) electrons. The number of aliphatic hydroxyl groups excluding tert-OH is 1. The second kappa shape index (κ2) is 17.7. The summed E-state index contributed by atoms with van der Waals surface area (Å²) in [5, 5.41) is 14.4. The number of fused-ring (bicyclic) bond motifs is 1. The third kappa shape index (κ3) is 10.6. The molecule has 27 heteroatoms. The third-order valence-electron chi connectivity index (χ3n) is 9.20. The molecule has 0 bridgehead atoms. The Morgan fingerprint density at radius 3 is 2.61 bits per heavy atom. The zero-order chi connectivity index (χ0) is 41.1. The number of hydrogen-bond donors (Lipinski definition) is 4. The van der Waals surface area contributed by atoms with Gasteiger partial charge in [0, 0.05) is 38.2 Å². The average molecular weight is 842 g/mol. The van der Waals surface area contributed by atoms with Gasteiger partial charge in [-0.1, -0.05) is 6.08 Å². The van der Waals surface area contributed by atoms with Crippen LogP contribution >= 0.6 is 15.6 Å². The van der Waals surface area contributed by atoms with E-state index in [4.69, 9.17) is 34.7 Å². The zero-order valence-corrected chi connectivity index (χ0v) is 31.7. The molecule has 57 heavy (non-hydrogen) atoms. The van der Waals surface area contributed by atoms with Gasteiger partial charge in [0.15, 0.2) is 23.8 Å². The SMILES string of the molecule is C=CCCC(=O)N[C@H]1CCN(CC(=O)OC2[C@@H](COP(=O)([O-])OC3C[C@H](n4ccc(N)nc4=O)O[C@@H]3COP(=O)([O-])[O-])O[C@@H](n3cnc4c(N)ncnc43)[C@H]2O)C1. The number of likely N-dealkylation sites (tertiary alicyclic amines) is 1. The number of hydrogen-bond acceptors (Lipinski definition) is 22. The van der Waals surface area contributed by atoms with E-state index < -0.39 is 89.9 Å². The highest BCUT2D eigenvalue weighted by atomic mass is 31.2. The minimum atomic E-state index is -5.56. The molecule has 3 aromatic heterocycles.